The predicted molar refractivity (Wildman–Crippen MR) is 27.7 cm³/mol. The third-order valence-corrected chi connectivity index (χ3v) is 0.915. The second-order valence-electron chi connectivity index (χ2n) is 1.29. The Morgan fingerprint density at radius 2 is 2.00 bits per heavy atom. The number of aliphatic carboxylic acids is 1. The van der Waals surface area contributed by atoms with Crippen molar-refractivity contribution in [2.45, 2.75) is 0 Å². The van der Waals surface area contributed by atoms with Crippen molar-refractivity contribution in [2.24, 2.45) is 0 Å². The summed E-state index contributed by atoms with van der Waals surface area (Å²) in [6.45, 7) is 2.69. The van der Waals surface area contributed by atoms with E-state index in [1.165, 1.54) is 0 Å². The molecule has 0 aliphatic heterocycles. The Balaban J connectivity index is 0. The Kier molecular flexibility index (Phi) is 7.09. The molecule has 0 aromatic heterocycles. The maximum atomic E-state index is 9.78. The van der Waals surface area contributed by atoms with Gasteiger partial charge in [-0.1, -0.05) is 0 Å². The normalized spacial score (nSPS) is 14.0. The van der Waals surface area contributed by atoms with Crippen LogP contribution in [0.2, 0.25) is 0 Å². The van der Waals surface area contributed by atoms with Crippen LogP contribution >= 0.6 is 7.82 Å². The minimum atomic E-state index is -5.01. The first-order valence-corrected chi connectivity index (χ1v) is 3.48. The number of carboxylic acids is 1. The summed E-state index contributed by atoms with van der Waals surface area (Å²) >= 11 is 0. The van der Waals surface area contributed by atoms with Gasteiger partial charge in [0, 0.05) is 0 Å². The second kappa shape index (κ2) is 5.44. The summed E-state index contributed by atoms with van der Waals surface area (Å²) in [5.41, 5.74) is 0. The second-order valence-corrected chi connectivity index (χ2v) is 2.41. The molecule has 0 saturated heterocycles. The van der Waals surface area contributed by atoms with E-state index in [9.17, 15) is 14.3 Å². The Hall–Kier alpha value is 0.796. The number of phosphoric acid groups is 1. The van der Waals surface area contributed by atoms with Gasteiger partial charge < -0.3 is 19.4 Å². The zero-order chi connectivity index (χ0) is 8.36. The number of carbonyl (C=O) groups is 1. The van der Waals surface area contributed by atoms with E-state index in [2.05, 4.69) is 11.1 Å². The molecule has 0 aliphatic carbocycles. The van der Waals surface area contributed by atoms with Crippen molar-refractivity contribution in [1.82, 2.24) is 0 Å². The van der Waals surface area contributed by atoms with Gasteiger partial charge in [0.1, 0.15) is 0 Å². The average Bonchev–Trinajstić information content (AvgIpc) is 1.60. The van der Waals surface area contributed by atoms with E-state index in [-0.39, 0.29) is 51.4 Å². The van der Waals surface area contributed by atoms with Crippen LogP contribution in [-0.4, -0.2) is 16.0 Å². The summed E-state index contributed by atoms with van der Waals surface area (Å²) in [7, 11) is -5.01. The molecule has 1 atom stereocenters. The van der Waals surface area contributed by atoms with Crippen molar-refractivity contribution in [1.29, 1.82) is 0 Å². The van der Waals surface area contributed by atoms with Crippen LogP contribution in [0.1, 0.15) is 0 Å². The quantitative estimate of drug-likeness (QED) is 0.161. The first-order chi connectivity index (χ1) is 4.33. The molecular formula is C3H4KO6P. The van der Waals surface area contributed by atoms with Crippen LogP contribution in [0, 0.1) is 0 Å². The number of hydrogen-bond acceptors (Lipinski definition) is 4. The molecule has 0 amide bonds. The zero-order valence-corrected chi connectivity index (χ0v) is 9.70. The molecule has 1 unspecified atom stereocenters. The van der Waals surface area contributed by atoms with E-state index in [0.717, 1.165) is 0 Å². The Labute approximate surface area is 105 Å². The summed E-state index contributed by atoms with van der Waals surface area (Å²) in [4.78, 5) is 27.5. The molecule has 58 valence electrons. The van der Waals surface area contributed by atoms with E-state index in [1.807, 2.05) is 0 Å². The van der Waals surface area contributed by atoms with Crippen LogP contribution in [0.25, 0.3) is 0 Å². The predicted octanol–water partition coefficient (Wildman–Crippen LogP) is -3.93. The first kappa shape index (κ1) is 14.3. The molecule has 2 N–H and O–H groups in total. The fourth-order valence-electron chi connectivity index (χ4n) is 0.178. The van der Waals surface area contributed by atoms with Gasteiger partial charge in [-0.05, 0) is 6.58 Å². The monoisotopic (exact) mass is 207 g/mol. The summed E-state index contributed by atoms with van der Waals surface area (Å²) in [5.74, 6) is -2.69. The Bertz CT molecular complexity index is 206. The van der Waals surface area contributed by atoms with Crippen LogP contribution < -0.4 is 56.3 Å². The van der Waals surface area contributed by atoms with Gasteiger partial charge in [0.05, 0.1) is 0 Å². The van der Waals surface area contributed by atoms with Crippen molar-refractivity contribution >= 4 is 13.8 Å². The van der Waals surface area contributed by atoms with Crippen molar-refractivity contribution in [2.75, 3.05) is 0 Å². The molecule has 11 heavy (non-hydrogen) atoms. The average molecular weight is 207 g/mol. The smallest absolute Gasteiger partial charge is 0.746 e. The minimum Gasteiger partial charge on any atom is -0.746 e. The van der Waals surface area contributed by atoms with Crippen LogP contribution in [0.3, 0.4) is 0 Å². The van der Waals surface area contributed by atoms with Crippen LogP contribution in [0.15, 0.2) is 12.3 Å². The van der Waals surface area contributed by atoms with Crippen LogP contribution in [0.4, 0.5) is 0 Å². The summed E-state index contributed by atoms with van der Waals surface area (Å²) in [5, 5.41) is 7.95. The van der Waals surface area contributed by atoms with Gasteiger partial charge in [-0.25, -0.2) is 4.79 Å². The topological polar surface area (TPSA) is 107 Å². The number of hydrogen-bond donors (Lipinski definition) is 2. The molecule has 0 saturated carbocycles. The zero-order valence-electron chi connectivity index (χ0n) is 5.68. The molecule has 0 heterocycles. The maximum absolute atomic E-state index is 9.78. The molecule has 0 fully saturated rings. The third kappa shape index (κ3) is 8.70. The van der Waals surface area contributed by atoms with E-state index in [1.54, 1.807) is 0 Å². The molecule has 0 radical (unpaired) electrons. The summed E-state index contributed by atoms with van der Waals surface area (Å²) in [6, 6.07) is 0. The SMILES string of the molecule is C=[13C](OP(=O)([O-])O)C(=O)O.[K+]. The van der Waals surface area contributed by atoms with Gasteiger partial charge >= 0.3 is 65.2 Å². The van der Waals surface area contributed by atoms with Crippen LogP contribution in [-0.2, 0) is 13.9 Å². The van der Waals surface area contributed by atoms with Gasteiger partial charge in [0.15, 0.2) is 0 Å². The van der Waals surface area contributed by atoms with Gasteiger partial charge in [-0.2, -0.15) is 0 Å². The molecule has 0 aliphatic rings. The first-order valence-electron chi connectivity index (χ1n) is 1.98. The molecule has 0 bridgehead atoms. The largest absolute Gasteiger partial charge is 1.00 e. The molecule has 0 aromatic rings. The van der Waals surface area contributed by atoms with Gasteiger partial charge in [-0.15, -0.1) is 0 Å². The number of carboxylic acid groups (broad SMARTS) is 1. The molecule has 0 spiro atoms. The van der Waals surface area contributed by atoms with Gasteiger partial charge in [0.2, 0.25) is 5.76 Å². The maximum Gasteiger partial charge on any atom is 1.00 e. The molecular weight excluding hydrogens is 203 g/mol. The summed E-state index contributed by atoms with van der Waals surface area (Å²) in [6.07, 6.45) is 0. The van der Waals surface area contributed by atoms with Gasteiger partial charge in [-0.3, -0.25) is 4.57 Å². The van der Waals surface area contributed by atoms with Crippen molar-refractivity contribution in [3.63, 3.8) is 0 Å². The van der Waals surface area contributed by atoms with Crippen molar-refractivity contribution in [3.8, 4) is 0 Å². The summed E-state index contributed by atoms with van der Waals surface area (Å²) < 4.78 is 13.2. The van der Waals surface area contributed by atoms with Gasteiger partial charge in [0.25, 0.3) is 0 Å². The standard InChI is InChI=1S/C3H5O6P.K/c1-2(3(4)5)9-10(6,7)8;/h1H2,(H,4,5)(H2,6,7,8);/q;+1/p-1/i2+1;. The molecule has 8 heteroatoms. The number of rotatable bonds is 3. The van der Waals surface area contributed by atoms with Crippen molar-refractivity contribution in [3.05, 3.63) is 12.3 Å². The van der Waals surface area contributed by atoms with E-state index < -0.39 is 19.6 Å². The Morgan fingerprint density at radius 3 is 2.09 bits per heavy atom. The third-order valence-electron chi connectivity index (χ3n) is 0.464. The molecule has 6 nitrogen and oxygen atoms in total. The molecule has 0 rings (SSSR count). The Morgan fingerprint density at radius 1 is 1.64 bits per heavy atom. The van der Waals surface area contributed by atoms with E-state index >= 15 is 0 Å². The van der Waals surface area contributed by atoms with Crippen LogP contribution in [0.5, 0.6) is 0 Å². The van der Waals surface area contributed by atoms with Crippen molar-refractivity contribution < 1.29 is 80.2 Å². The molecule has 0 aromatic carbocycles. The minimum absolute atomic E-state index is 0. The van der Waals surface area contributed by atoms with E-state index in [0.29, 0.717) is 0 Å². The number of phosphoric ester groups is 1. The van der Waals surface area contributed by atoms with E-state index in [4.69, 9.17) is 10.00 Å². The fourth-order valence-corrected chi connectivity index (χ4v) is 0.535. The fraction of sp³-hybridized carbons (Fsp3) is 0.